The fourth-order valence-electron chi connectivity index (χ4n) is 3.36. The third-order valence-corrected chi connectivity index (χ3v) is 4.56. The molecule has 2 aromatic carbocycles. The maximum atomic E-state index is 12.5. The fraction of sp³-hybridized carbons (Fsp3) is 0.263. The van der Waals surface area contributed by atoms with E-state index in [-0.39, 0.29) is 11.8 Å². The van der Waals surface area contributed by atoms with Crippen molar-refractivity contribution in [2.45, 2.75) is 25.9 Å². The van der Waals surface area contributed by atoms with Crippen molar-refractivity contribution in [3.8, 4) is 5.75 Å². The van der Waals surface area contributed by atoms with E-state index in [9.17, 15) is 9.59 Å². The molecule has 1 atom stereocenters. The van der Waals surface area contributed by atoms with Gasteiger partial charge in [-0.3, -0.25) is 9.59 Å². The van der Waals surface area contributed by atoms with Crippen LogP contribution in [0.3, 0.4) is 0 Å². The molecule has 0 saturated carbocycles. The SMILES string of the molecule is CC(=O)N1CCc2cc(NC(=O)[C@@H]3Cc4ccccc4O3)ccc21. The summed E-state index contributed by atoms with van der Waals surface area (Å²) < 4.78 is 5.72. The van der Waals surface area contributed by atoms with Crippen LogP contribution in [0.4, 0.5) is 11.4 Å². The zero-order valence-corrected chi connectivity index (χ0v) is 13.4. The molecule has 2 amide bonds. The van der Waals surface area contributed by atoms with Crippen LogP contribution < -0.4 is 15.0 Å². The van der Waals surface area contributed by atoms with Crippen LogP contribution in [-0.4, -0.2) is 24.5 Å². The molecule has 0 unspecified atom stereocenters. The lowest BCUT2D eigenvalue weighted by atomic mass is 10.1. The molecule has 2 aromatic rings. The van der Waals surface area contributed by atoms with Crippen LogP contribution in [0.5, 0.6) is 5.75 Å². The second kappa shape index (κ2) is 5.67. The minimum atomic E-state index is -0.496. The van der Waals surface area contributed by atoms with Crippen LogP contribution in [0.2, 0.25) is 0 Å². The van der Waals surface area contributed by atoms with E-state index >= 15 is 0 Å². The van der Waals surface area contributed by atoms with Crippen molar-refractivity contribution in [1.82, 2.24) is 0 Å². The average Bonchev–Trinajstić information content (AvgIpc) is 3.18. The van der Waals surface area contributed by atoms with Gasteiger partial charge in [-0.2, -0.15) is 0 Å². The first-order valence-electron chi connectivity index (χ1n) is 8.08. The molecule has 5 heteroatoms. The van der Waals surface area contributed by atoms with E-state index in [0.717, 1.165) is 34.7 Å². The Labute approximate surface area is 140 Å². The first-order valence-corrected chi connectivity index (χ1v) is 8.08. The van der Waals surface area contributed by atoms with Gasteiger partial charge < -0.3 is 15.0 Å². The van der Waals surface area contributed by atoms with Crippen molar-refractivity contribution >= 4 is 23.2 Å². The Morgan fingerprint density at radius 2 is 2.00 bits per heavy atom. The molecule has 2 aliphatic rings. The van der Waals surface area contributed by atoms with Gasteiger partial charge in [0.25, 0.3) is 5.91 Å². The second-order valence-corrected chi connectivity index (χ2v) is 6.17. The summed E-state index contributed by atoms with van der Waals surface area (Å²) in [6, 6.07) is 13.4. The van der Waals surface area contributed by atoms with Crippen molar-refractivity contribution in [2.75, 3.05) is 16.8 Å². The molecule has 0 aliphatic carbocycles. The van der Waals surface area contributed by atoms with Crippen LogP contribution in [0.25, 0.3) is 0 Å². The fourth-order valence-corrected chi connectivity index (χ4v) is 3.36. The number of rotatable bonds is 2. The van der Waals surface area contributed by atoms with E-state index in [0.29, 0.717) is 13.0 Å². The number of para-hydroxylation sites is 1. The molecule has 0 saturated heterocycles. The third-order valence-electron chi connectivity index (χ3n) is 4.56. The lowest BCUT2D eigenvalue weighted by molar-refractivity contribution is -0.122. The van der Waals surface area contributed by atoms with Crippen LogP contribution in [0.1, 0.15) is 18.1 Å². The minimum absolute atomic E-state index is 0.0441. The van der Waals surface area contributed by atoms with E-state index in [1.165, 1.54) is 0 Å². The highest BCUT2D eigenvalue weighted by Crippen LogP contribution is 2.32. The smallest absolute Gasteiger partial charge is 0.265 e. The lowest BCUT2D eigenvalue weighted by Crippen LogP contribution is -2.31. The molecule has 0 fully saturated rings. The number of nitrogens with zero attached hydrogens (tertiary/aromatic N) is 1. The number of carbonyl (C=O) groups is 2. The standard InChI is InChI=1S/C19H18N2O3/c1-12(22)21-9-8-13-10-15(6-7-16(13)21)20-19(23)18-11-14-4-2-3-5-17(14)24-18/h2-7,10,18H,8-9,11H2,1H3,(H,20,23)/t18-/m0/s1. The van der Waals surface area contributed by atoms with Crippen molar-refractivity contribution in [3.05, 3.63) is 53.6 Å². The highest BCUT2D eigenvalue weighted by atomic mass is 16.5. The Hall–Kier alpha value is -2.82. The molecule has 0 radical (unpaired) electrons. The Balaban J connectivity index is 1.47. The number of anilines is 2. The van der Waals surface area contributed by atoms with Gasteiger partial charge in [-0.25, -0.2) is 0 Å². The van der Waals surface area contributed by atoms with Crippen LogP contribution >= 0.6 is 0 Å². The summed E-state index contributed by atoms with van der Waals surface area (Å²) in [4.78, 5) is 25.8. The van der Waals surface area contributed by atoms with Crippen molar-refractivity contribution in [1.29, 1.82) is 0 Å². The van der Waals surface area contributed by atoms with Crippen LogP contribution in [0, 0.1) is 0 Å². The van der Waals surface area contributed by atoms with Crippen molar-refractivity contribution in [3.63, 3.8) is 0 Å². The number of ether oxygens (including phenoxy) is 1. The molecule has 2 heterocycles. The summed E-state index contributed by atoms with van der Waals surface area (Å²) in [5.41, 5.74) is 3.82. The average molecular weight is 322 g/mol. The number of nitrogens with one attached hydrogen (secondary N) is 1. The predicted octanol–water partition coefficient (Wildman–Crippen LogP) is 2.54. The van der Waals surface area contributed by atoms with Gasteiger partial charge in [0, 0.05) is 31.3 Å². The van der Waals surface area contributed by atoms with Crippen LogP contribution in [-0.2, 0) is 22.4 Å². The van der Waals surface area contributed by atoms with Gasteiger partial charge in [0.15, 0.2) is 6.10 Å². The highest BCUT2D eigenvalue weighted by molar-refractivity contribution is 5.97. The Bertz CT molecular complexity index is 806. The molecule has 0 bridgehead atoms. The second-order valence-electron chi connectivity index (χ2n) is 6.17. The minimum Gasteiger partial charge on any atom is -0.480 e. The summed E-state index contributed by atoms with van der Waals surface area (Å²) in [5.74, 6) is 0.680. The Morgan fingerprint density at radius 1 is 1.17 bits per heavy atom. The van der Waals surface area contributed by atoms with Crippen molar-refractivity contribution in [2.24, 2.45) is 0 Å². The van der Waals surface area contributed by atoms with E-state index in [1.54, 1.807) is 11.8 Å². The topological polar surface area (TPSA) is 58.6 Å². The molecule has 4 rings (SSSR count). The van der Waals surface area contributed by atoms with Gasteiger partial charge in [0.2, 0.25) is 5.91 Å². The summed E-state index contributed by atoms with van der Waals surface area (Å²) in [7, 11) is 0. The number of carbonyl (C=O) groups excluding carboxylic acids is 2. The van der Waals surface area contributed by atoms with Gasteiger partial charge in [0.1, 0.15) is 5.75 Å². The largest absolute Gasteiger partial charge is 0.480 e. The molecule has 2 aliphatic heterocycles. The number of benzene rings is 2. The normalized spacial score (nSPS) is 17.9. The Morgan fingerprint density at radius 3 is 2.79 bits per heavy atom. The van der Waals surface area contributed by atoms with Gasteiger partial charge in [-0.15, -0.1) is 0 Å². The predicted molar refractivity (Wildman–Crippen MR) is 91.4 cm³/mol. The monoisotopic (exact) mass is 322 g/mol. The molecule has 0 spiro atoms. The zero-order valence-electron chi connectivity index (χ0n) is 13.4. The van der Waals surface area contributed by atoms with E-state index in [1.807, 2.05) is 42.5 Å². The first kappa shape index (κ1) is 14.8. The van der Waals surface area contributed by atoms with E-state index in [2.05, 4.69) is 5.32 Å². The number of amides is 2. The lowest BCUT2D eigenvalue weighted by Gasteiger charge is -2.15. The van der Waals surface area contributed by atoms with Crippen molar-refractivity contribution < 1.29 is 14.3 Å². The zero-order chi connectivity index (χ0) is 16.7. The van der Waals surface area contributed by atoms with Crippen LogP contribution in [0.15, 0.2) is 42.5 Å². The molecular formula is C19H18N2O3. The number of fused-ring (bicyclic) bond motifs is 2. The van der Waals surface area contributed by atoms with E-state index < -0.39 is 6.10 Å². The van der Waals surface area contributed by atoms with Gasteiger partial charge in [-0.05, 0) is 41.8 Å². The number of hydrogen-bond acceptors (Lipinski definition) is 3. The highest BCUT2D eigenvalue weighted by Gasteiger charge is 2.29. The summed E-state index contributed by atoms with van der Waals surface area (Å²) >= 11 is 0. The van der Waals surface area contributed by atoms with Gasteiger partial charge >= 0.3 is 0 Å². The van der Waals surface area contributed by atoms with Gasteiger partial charge in [-0.1, -0.05) is 18.2 Å². The third kappa shape index (κ3) is 2.52. The molecule has 5 nitrogen and oxygen atoms in total. The molecule has 24 heavy (non-hydrogen) atoms. The molecule has 1 N–H and O–H groups in total. The Kier molecular flexibility index (Phi) is 3.49. The van der Waals surface area contributed by atoms with Gasteiger partial charge in [0.05, 0.1) is 0 Å². The first-order chi connectivity index (χ1) is 11.6. The summed E-state index contributed by atoms with van der Waals surface area (Å²) in [5, 5.41) is 2.93. The summed E-state index contributed by atoms with van der Waals surface area (Å²) in [6.07, 6.45) is 0.902. The molecule has 122 valence electrons. The quantitative estimate of drug-likeness (QED) is 0.924. The maximum Gasteiger partial charge on any atom is 0.265 e. The summed E-state index contributed by atoms with van der Waals surface area (Å²) in [6.45, 7) is 2.27. The maximum absolute atomic E-state index is 12.5. The van der Waals surface area contributed by atoms with E-state index in [4.69, 9.17) is 4.74 Å². The molecule has 0 aromatic heterocycles. The number of hydrogen-bond donors (Lipinski definition) is 1. The molecular weight excluding hydrogens is 304 g/mol.